The first-order chi connectivity index (χ1) is 12.6. The van der Waals surface area contributed by atoms with E-state index in [1.54, 1.807) is 32.5 Å². The van der Waals surface area contributed by atoms with Crippen LogP contribution in [-0.4, -0.2) is 31.2 Å². The zero-order chi connectivity index (χ0) is 18.5. The average Bonchev–Trinajstić information content (AvgIpc) is 3.11. The van der Waals surface area contributed by atoms with Crippen LogP contribution in [0.1, 0.15) is 11.5 Å². The van der Waals surface area contributed by atoms with E-state index in [2.05, 4.69) is 9.88 Å². The summed E-state index contributed by atoms with van der Waals surface area (Å²) in [5.41, 5.74) is 1.84. The Balaban J connectivity index is 1.67. The van der Waals surface area contributed by atoms with Crippen molar-refractivity contribution in [3.63, 3.8) is 0 Å². The molecule has 6 heteroatoms. The lowest BCUT2D eigenvalue weighted by Crippen LogP contribution is -2.17. The smallest absolute Gasteiger partial charge is 0.209 e. The summed E-state index contributed by atoms with van der Waals surface area (Å²) in [7, 11) is 5.24. The van der Waals surface area contributed by atoms with E-state index in [1.165, 1.54) is 12.1 Å². The van der Waals surface area contributed by atoms with Crippen LogP contribution in [0, 0.1) is 5.82 Å². The maximum Gasteiger partial charge on any atom is 0.209 e. The van der Waals surface area contributed by atoms with Crippen LogP contribution >= 0.6 is 0 Å². The summed E-state index contributed by atoms with van der Waals surface area (Å²) in [6.45, 7) is 1.21. The van der Waals surface area contributed by atoms with Gasteiger partial charge in [0.15, 0.2) is 5.76 Å². The highest BCUT2D eigenvalue weighted by Gasteiger charge is 2.12. The van der Waals surface area contributed by atoms with Crippen LogP contribution in [0.25, 0.3) is 11.3 Å². The molecule has 0 saturated carbocycles. The summed E-state index contributed by atoms with van der Waals surface area (Å²) in [5.74, 6) is 2.47. The molecule has 0 amide bonds. The topological polar surface area (TPSA) is 47.7 Å². The molecule has 0 radical (unpaired) electrons. The first-order valence-electron chi connectivity index (χ1n) is 8.19. The second kappa shape index (κ2) is 8.01. The third-order valence-electron chi connectivity index (χ3n) is 4.02. The largest absolute Gasteiger partial charge is 0.497 e. The maximum atomic E-state index is 13.0. The average molecular weight is 356 g/mol. The van der Waals surface area contributed by atoms with E-state index in [4.69, 9.17) is 13.9 Å². The molecule has 0 aliphatic carbocycles. The SMILES string of the molecule is COc1ccc(CN(C)Cc2ncc(-c3ccc(F)cc3)o2)c(OC)c1. The second-order valence-corrected chi connectivity index (χ2v) is 5.98. The van der Waals surface area contributed by atoms with Crippen molar-refractivity contribution in [3.8, 4) is 22.8 Å². The third-order valence-corrected chi connectivity index (χ3v) is 4.02. The Morgan fingerprint density at radius 2 is 1.81 bits per heavy atom. The molecule has 2 aromatic carbocycles. The van der Waals surface area contributed by atoms with Crippen molar-refractivity contribution in [1.82, 2.24) is 9.88 Å². The summed E-state index contributed by atoms with van der Waals surface area (Å²) in [6.07, 6.45) is 1.66. The van der Waals surface area contributed by atoms with Gasteiger partial charge in [-0.25, -0.2) is 9.37 Å². The highest BCUT2D eigenvalue weighted by Crippen LogP contribution is 2.26. The summed E-state index contributed by atoms with van der Waals surface area (Å²) >= 11 is 0. The Hall–Kier alpha value is -2.86. The molecule has 0 fully saturated rings. The minimum atomic E-state index is -0.276. The Kier molecular flexibility index (Phi) is 5.53. The van der Waals surface area contributed by atoms with Gasteiger partial charge in [-0.3, -0.25) is 4.90 Å². The Morgan fingerprint density at radius 1 is 1.04 bits per heavy atom. The molecule has 0 N–H and O–H groups in total. The molecule has 26 heavy (non-hydrogen) atoms. The molecule has 0 aliphatic heterocycles. The summed E-state index contributed by atoms with van der Waals surface area (Å²) in [4.78, 5) is 6.39. The molecule has 5 nitrogen and oxygen atoms in total. The number of hydrogen-bond acceptors (Lipinski definition) is 5. The van der Waals surface area contributed by atoms with Crippen LogP contribution in [0.2, 0.25) is 0 Å². The van der Waals surface area contributed by atoms with Crippen molar-refractivity contribution in [2.24, 2.45) is 0 Å². The number of nitrogens with zero attached hydrogens (tertiary/aromatic N) is 2. The quantitative estimate of drug-likeness (QED) is 0.637. The minimum absolute atomic E-state index is 0.276. The molecular weight excluding hydrogens is 335 g/mol. The lowest BCUT2D eigenvalue weighted by molar-refractivity contribution is 0.277. The Labute approximate surface area is 152 Å². The zero-order valence-corrected chi connectivity index (χ0v) is 15.0. The number of methoxy groups -OCH3 is 2. The fourth-order valence-corrected chi connectivity index (χ4v) is 2.69. The van der Waals surface area contributed by atoms with Gasteiger partial charge in [-0.1, -0.05) is 6.07 Å². The predicted octanol–water partition coefficient (Wildman–Crippen LogP) is 4.13. The van der Waals surface area contributed by atoms with Crippen LogP contribution in [0.15, 0.2) is 53.1 Å². The molecule has 0 bridgehead atoms. The molecular formula is C20H21FN2O3. The molecule has 0 saturated heterocycles. The van der Waals surface area contributed by atoms with E-state index in [-0.39, 0.29) is 5.82 Å². The van der Waals surface area contributed by atoms with Crippen LogP contribution in [0.3, 0.4) is 0 Å². The highest BCUT2D eigenvalue weighted by molar-refractivity contribution is 5.55. The van der Waals surface area contributed by atoms with Crippen molar-refractivity contribution < 1.29 is 18.3 Å². The van der Waals surface area contributed by atoms with Gasteiger partial charge in [0.2, 0.25) is 5.89 Å². The van der Waals surface area contributed by atoms with Crippen molar-refractivity contribution in [2.45, 2.75) is 13.1 Å². The molecule has 0 unspecified atom stereocenters. The first-order valence-corrected chi connectivity index (χ1v) is 8.19. The Morgan fingerprint density at radius 3 is 2.50 bits per heavy atom. The van der Waals surface area contributed by atoms with Gasteiger partial charge >= 0.3 is 0 Å². The number of oxazole rings is 1. The number of halogens is 1. The zero-order valence-electron chi connectivity index (χ0n) is 15.0. The van der Waals surface area contributed by atoms with Crippen LogP contribution < -0.4 is 9.47 Å². The summed E-state index contributed by atoms with van der Waals surface area (Å²) < 4.78 is 29.5. The van der Waals surface area contributed by atoms with Crippen LogP contribution in [0.5, 0.6) is 11.5 Å². The molecule has 3 rings (SSSR count). The maximum absolute atomic E-state index is 13.0. The molecule has 0 atom stereocenters. The van der Waals surface area contributed by atoms with Gasteiger partial charge in [0, 0.05) is 23.7 Å². The number of rotatable bonds is 7. The van der Waals surface area contributed by atoms with Crippen molar-refractivity contribution in [1.29, 1.82) is 0 Å². The fourth-order valence-electron chi connectivity index (χ4n) is 2.69. The number of hydrogen-bond donors (Lipinski definition) is 0. The van der Waals surface area contributed by atoms with E-state index in [1.807, 2.05) is 25.2 Å². The number of benzene rings is 2. The Bertz CT molecular complexity index is 862. The van der Waals surface area contributed by atoms with E-state index < -0.39 is 0 Å². The van der Waals surface area contributed by atoms with E-state index in [9.17, 15) is 4.39 Å². The lowest BCUT2D eigenvalue weighted by Gasteiger charge is -2.17. The molecule has 1 aromatic heterocycles. The van der Waals surface area contributed by atoms with E-state index in [0.29, 0.717) is 24.7 Å². The van der Waals surface area contributed by atoms with Gasteiger partial charge in [0.05, 0.1) is 27.0 Å². The molecule has 3 aromatic rings. The van der Waals surface area contributed by atoms with Crippen LogP contribution in [-0.2, 0) is 13.1 Å². The van der Waals surface area contributed by atoms with E-state index >= 15 is 0 Å². The second-order valence-electron chi connectivity index (χ2n) is 5.98. The van der Waals surface area contributed by atoms with Gasteiger partial charge in [-0.2, -0.15) is 0 Å². The first kappa shape index (κ1) is 17.9. The molecule has 136 valence electrons. The molecule has 0 aliphatic rings. The standard InChI is InChI=1S/C20H21FN2O3/c1-23(12-15-6-9-17(24-2)10-18(15)25-3)13-20-22-11-19(26-20)14-4-7-16(21)8-5-14/h4-11H,12-13H2,1-3H3. The normalized spacial score (nSPS) is 11.0. The van der Waals surface area contributed by atoms with Gasteiger partial charge in [-0.05, 0) is 37.4 Å². The molecule has 0 spiro atoms. The highest BCUT2D eigenvalue weighted by atomic mass is 19.1. The molecule has 1 heterocycles. The van der Waals surface area contributed by atoms with E-state index in [0.717, 1.165) is 22.6 Å². The van der Waals surface area contributed by atoms with Crippen molar-refractivity contribution in [2.75, 3.05) is 21.3 Å². The number of aromatic nitrogens is 1. The van der Waals surface area contributed by atoms with Gasteiger partial charge in [0.25, 0.3) is 0 Å². The number of ether oxygens (including phenoxy) is 2. The van der Waals surface area contributed by atoms with Gasteiger partial charge in [0.1, 0.15) is 17.3 Å². The van der Waals surface area contributed by atoms with Gasteiger partial charge < -0.3 is 13.9 Å². The van der Waals surface area contributed by atoms with Crippen molar-refractivity contribution in [3.05, 3.63) is 65.9 Å². The third kappa shape index (κ3) is 4.21. The van der Waals surface area contributed by atoms with Crippen molar-refractivity contribution >= 4 is 0 Å². The minimum Gasteiger partial charge on any atom is -0.497 e. The van der Waals surface area contributed by atoms with Gasteiger partial charge in [-0.15, -0.1) is 0 Å². The monoisotopic (exact) mass is 356 g/mol. The summed E-state index contributed by atoms with van der Waals surface area (Å²) in [6, 6.07) is 11.9. The lowest BCUT2D eigenvalue weighted by atomic mass is 10.2. The van der Waals surface area contributed by atoms with Crippen LogP contribution in [0.4, 0.5) is 4.39 Å². The fraction of sp³-hybridized carbons (Fsp3) is 0.250. The predicted molar refractivity (Wildman–Crippen MR) is 96.6 cm³/mol. The summed E-state index contributed by atoms with van der Waals surface area (Å²) in [5, 5.41) is 0.